The summed E-state index contributed by atoms with van der Waals surface area (Å²) < 4.78 is 16.0. The van der Waals surface area contributed by atoms with Crippen LogP contribution >= 0.6 is 0 Å². The van der Waals surface area contributed by atoms with Gasteiger partial charge in [0.1, 0.15) is 17.2 Å². The topological polar surface area (TPSA) is 64.8 Å². The van der Waals surface area contributed by atoms with Crippen LogP contribution in [-0.2, 0) is 6.54 Å². The van der Waals surface area contributed by atoms with Crippen LogP contribution in [0.4, 0.5) is 0 Å². The van der Waals surface area contributed by atoms with E-state index in [1.165, 1.54) is 0 Å². The number of methoxy groups -OCH3 is 2. The van der Waals surface area contributed by atoms with Gasteiger partial charge in [0, 0.05) is 18.2 Å². The first-order valence-electron chi connectivity index (χ1n) is 9.18. The van der Waals surface area contributed by atoms with E-state index in [1.54, 1.807) is 43.4 Å². The molecule has 0 N–H and O–H groups in total. The Bertz CT molecular complexity index is 918. The lowest BCUT2D eigenvalue weighted by Gasteiger charge is -2.21. The normalized spacial score (nSPS) is 10.5. The van der Waals surface area contributed by atoms with Crippen molar-refractivity contribution in [2.45, 2.75) is 19.9 Å². The van der Waals surface area contributed by atoms with Crippen LogP contribution in [0.25, 0.3) is 11.3 Å². The maximum absolute atomic E-state index is 12.9. The smallest absolute Gasteiger partial charge is 0.254 e. The maximum Gasteiger partial charge on any atom is 0.254 e. The number of carbonyl (C=O) groups is 1. The molecular formula is C22H24N2O4. The molecule has 6 nitrogen and oxygen atoms in total. The van der Waals surface area contributed by atoms with Crippen molar-refractivity contribution in [3.8, 4) is 22.8 Å². The lowest BCUT2D eigenvalue weighted by Crippen LogP contribution is -2.31. The van der Waals surface area contributed by atoms with E-state index in [0.717, 1.165) is 17.7 Å². The first-order chi connectivity index (χ1) is 13.7. The summed E-state index contributed by atoms with van der Waals surface area (Å²) >= 11 is 0. The van der Waals surface area contributed by atoms with E-state index in [1.807, 2.05) is 37.3 Å². The molecule has 0 fully saturated rings. The van der Waals surface area contributed by atoms with Gasteiger partial charge in [-0.2, -0.15) is 0 Å². The molecule has 28 heavy (non-hydrogen) atoms. The van der Waals surface area contributed by atoms with Crippen LogP contribution in [0.2, 0.25) is 0 Å². The molecule has 0 saturated heterocycles. The summed E-state index contributed by atoms with van der Waals surface area (Å²) in [6.45, 7) is 3.04. The highest BCUT2D eigenvalue weighted by Gasteiger charge is 2.18. The Hall–Kier alpha value is -3.28. The van der Waals surface area contributed by atoms with E-state index >= 15 is 0 Å². The molecule has 3 rings (SSSR count). The molecule has 0 saturated carbocycles. The van der Waals surface area contributed by atoms with Gasteiger partial charge in [0.2, 0.25) is 0 Å². The third kappa shape index (κ3) is 4.34. The van der Waals surface area contributed by atoms with E-state index < -0.39 is 0 Å². The van der Waals surface area contributed by atoms with Crippen LogP contribution in [0.1, 0.15) is 29.4 Å². The summed E-state index contributed by atoms with van der Waals surface area (Å²) in [5.41, 5.74) is 2.13. The second-order valence-electron chi connectivity index (χ2n) is 6.34. The van der Waals surface area contributed by atoms with Crippen LogP contribution in [-0.4, -0.2) is 36.7 Å². The molecule has 0 aliphatic heterocycles. The molecule has 0 aliphatic carbocycles. The van der Waals surface area contributed by atoms with Crippen LogP contribution in [0.3, 0.4) is 0 Å². The lowest BCUT2D eigenvalue weighted by atomic mass is 10.1. The minimum atomic E-state index is -0.0497. The van der Waals surface area contributed by atoms with E-state index in [4.69, 9.17) is 14.0 Å². The molecular weight excluding hydrogens is 356 g/mol. The number of nitrogens with zero attached hydrogens (tertiary/aromatic N) is 2. The Kier molecular flexibility index (Phi) is 6.32. The molecule has 3 aromatic rings. The summed E-state index contributed by atoms with van der Waals surface area (Å²) in [5.74, 6) is 1.99. The highest BCUT2D eigenvalue weighted by Crippen LogP contribution is 2.30. The molecule has 2 aromatic carbocycles. The summed E-state index contributed by atoms with van der Waals surface area (Å²) in [6, 6.07) is 16.6. The number of ether oxygens (including phenoxy) is 2. The second-order valence-corrected chi connectivity index (χ2v) is 6.34. The van der Waals surface area contributed by atoms with Gasteiger partial charge in [-0.1, -0.05) is 24.2 Å². The number of amides is 1. The number of hydrogen-bond acceptors (Lipinski definition) is 5. The summed E-state index contributed by atoms with van der Waals surface area (Å²) in [5, 5.41) is 4.15. The predicted octanol–water partition coefficient (Wildman–Crippen LogP) is 4.41. The average Bonchev–Trinajstić information content (AvgIpc) is 3.21. The molecule has 6 heteroatoms. The molecule has 0 spiro atoms. The summed E-state index contributed by atoms with van der Waals surface area (Å²) in [6.07, 6.45) is 0.846. The number of aromatic nitrogens is 1. The van der Waals surface area contributed by atoms with Crippen molar-refractivity contribution in [3.05, 3.63) is 65.9 Å². The third-order valence-corrected chi connectivity index (χ3v) is 4.40. The molecule has 0 radical (unpaired) electrons. The number of carbonyl (C=O) groups excluding carboxylic acids is 1. The largest absolute Gasteiger partial charge is 0.497 e. The van der Waals surface area contributed by atoms with E-state index in [9.17, 15) is 4.79 Å². The van der Waals surface area contributed by atoms with E-state index in [0.29, 0.717) is 35.9 Å². The van der Waals surface area contributed by atoms with Crippen molar-refractivity contribution in [2.24, 2.45) is 0 Å². The van der Waals surface area contributed by atoms with E-state index in [2.05, 4.69) is 5.16 Å². The van der Waals surface area contributed by atoms with Crippen molar-refractivity contribution >= 4 is 5.91 Å². The SMILES string of the molecule is CCCN(Cc1cc(-c2ccccc2OC)on1)C(=O)c1ccc(OC)cc1. The molecule has 1 heterocycles. The van der Waals surface area contributed by atoms with Gasteiger partial charge in [0.05, 0.1) is 26.3 Å². The van der Waals surface area contributed by atoms with Crippen LogP contribution < -0.4 is 9.47 Å². The quantitative estimate of drug-likeness (QED) is 0.579. The van der Waals surface area contributed by atoms with Crippen molar-refractivity contribution in [1.82, 2.24) is 10.1 Å². The number of benzene rings is 2. The first-order valence-corrected chi connectivity index (χ1v) is 9.18. The highest BCUT2D eigenvalue weighted by atomic mass is 16.5. The molecule has 146 valence electrons. The van der Waals surface area contributed by atoms with Crippen LogP contribution in [0, 0.1) is 0 Å². The van der Waals surface area contributed by atoms with Crippen molar-refractivity contribution in [2.75, 3.05) is 20.8 Å². The number of rotatable bonds is 8. The standard InChI is InChI=1S/C22H24N2O4/c1-4-13-24(22(25)16-9-11-18(26-2)12-10-16)15-17-14-21(28-23-17)19-7-5-6-8-20(19)27-3/h5-12,14H,4,13,15H2,1-3H3. The van der Waals surface area contributed by atoms with Crippen molar-refractivity contribution in [3.63, 3.8) is 0 Å². The van der Waals surface area contributed by atoms with Gasteiger partial charge in [-0.25, -0.2) is 0 Å². The predicted molar refractivity (Wildman–Crippen MR) is 107 cm³/mol. The zero-order chi connectivity index (χ0) is 19.9. The Balaban J connectivity index is 1.79. The molecule has 0 aliphatic rings. The molecule has 0 unspecified atom stereocenters. The van der Waals surface area contributed by atoms with Crippen molar-refractivity contribution in [1.29, 1.82) is 0 Å². The van der Waals surface area contributed by atoms with Crippen LogP contribution in [0.15, 0.2) is 59.1 Å². The Morgan fingerprint density at radius 3 is 2.50 bits per heavy atom. The molecule has 0 bridgehead atoms. The fraction of sp³-hybridized carbons (Fsp3) is 0.273. The summed E-state index contributed by atoms with van der Waals surface area (Å²) in [7, 11) is 3.22. The molecule has 1 amide bonds. The Labute approximate surface area is 164 Å². The van der Waals surface area contributed by atoms with Gasteiger partial charge in [0.15, 0.2) is 5.76 Å². The first kappa shape index (κ1) is 19.5. The van der Waals surface area contributed by atoms with Gasteiger partial charge in [-0.3, -0.25) is 4.79 Å². The van der Waals surface area contributed by atoms with E-state index in [-0.39, 0.29) is 5.91 Å². The van der Waals surface area contributed by atoms with Gasteiger partial charge < -0.3 is 18.9 Å². The Morgan fingerprint density at radius 2 is 1.82 bits per heavy atom. The highest BCUT2D eigenvalue weighted by molar-refractivity contribution is 5.94. The van der Waals surface area contributed by atoms with Gasteiger partial charge >= 0.3 is 0 Å². The van der Waals surface area contributed by atoms with Gasteiger partial charge in [0.25, 0.3) is 5.91 Å². The number of hydrogen-bond donors (Lipinski definition) is 0. The van der Waals surface area contributed by atoms with Crippen molar-refractivity contribution < 1.29 is 18.8 Å². The van der Waals surface area contributed by atoms with Gasteiger partial charge in [-0.15, -0.1) is 0 Å². The second kappa shape index (κ2) is 9.08. The fourth-order valence-corrected chi connectivity index (χ4v) is 3.00. The lowest BCUT2D eigenvalue weighted by molar-refractivity contribution is 0.0739. The van der Waals surface area contributed by atoms with Gasteiger partial charge in [-0.05, 0) is 42.8 Å². The maximum atomic E-state index is 12.9. The zero-order valence-electron chi connectivity index (χ0n) is 16.3. The minimum absolute atomic E-state index is 0.0497. The Morgan fingerprint density at radius 1 is 1.07 bits per heavy atom. The average molecular weight is 380 g/mol. The molecule has 1 aromatic heterocycles. The summed E-state index contributed by atoms with van der Waals surface area (Å²) in [4.78, 5) is 14.7. The van der Waals surface area contributed by atoms with Crippen LogP contribution in [0.5, 0.6) is 11.5 Å². The number of para-hydroxylation sites is 1. The molecule has 0 atom stereocenters. The monoisotopic (exact) mass is 380 g/mol. The third-order valence-electron chi connectivity index (χ3n) is 4.40. The minimum Gasteiger partial charge on any atom is -0.497 e. The fourth-order valence-electron chi connectivity index (χ4n) is 3.00. The zero-order valence-corrected chi connectivity index (χ0v) is 16.3.